The lowest BCUT2D eigenvalue weighted by atomic mass is 10.0. The monoisotopic (exact) mass is 520 g/mol. The van der Waals surface area contributed by atoms with E-state index in [1.165, 1.54) is 129 Å². The van der Waals surface area contributed by atoms with Gasteiger partial charge in [0.25, 0.3) is 0 Å². The molecule has 2 aliphatic rings. The molecule has 2 unspecified atom stereocenters. The Labute approximate surface area is 209 Å². The normalized spacial score (nSPS) is 22.0. The van der Waals surface area contributed by atoms with E-state index in [1.807, 2.05) is 0 Å². The molecule has 0 aromatic heterocycles. The summed E-state index contributed by atoms with van der Waals surface area (Å²) in [5.41, 5.74) is 0.486. The molecule has 0 spiro atoms. The van der Waals surface area contributed by atoms with Crippen molar-refractivity contribution >= 4 is 28.7 Å². The minimum absolute atomic E-state index is 0. The van der Waals surface area contributed by atoms with Crippen LogP contribution in [0.25, 0.3) is 0 Å². The Bertz CT molecular complexity index is 382. The Kier molecular flexibility index (Phi) is 20.4. The predicted molar refractivity (Wildman–Crippen MR) is 145 cm³/mol. The molecule has 3 nitrogen and oxygen atoms in total. The lowest BCUT2D eigenvalue weighted by molar-refractivity contribution is 0.122. The van der Waals surface area contributed by atoms with Crippen LogP contribution in [0.15, 0.2) is 0 Å². The third-order valence-electron chi connectivity index (χ3n) is 6.83. The number of unbranched alkanes of at least 4 members (excludes halogenated alkanes) is 14. The molecule has 2 atom stereocenters. The van der Waals surface area contributed by atoms with Gasteiger partial charge in [-0.05, 0) is 25.8 Å². The summed E-state index contributed by atoms with van der Waals surface area (Å²) in [5.74, 6) is 0. The molecule has 0 bridgehead atoms. The summed E-state index contributed by atoms with van der Waals surface area (Å²) < 4.78 is 6.06. The van der Waals surface area contributed by atoms with Crippen LogP contribution in [0.3, 0.4) is 0 Å². The highest BCUT2D eigenvalue weighted by molar-refractivity contribution is 8.93. The fourth-order valence-electron chi connectivity index (χ4n) is 4.75. The van der Waals surface area contributed by atoms with Crippen molar-refractivity contribution in [3.05, 3.63) is 0 Å². The average molecular weight is 522 g/mol. The number of nitrogens with one attached hydrogen (secondary N) is 1. The molecule has 5 heteroatoms. The van der Waals surface area contributed by atoms with Gasteiger partial charge in [0.15, 0.2) is 0 Å². The van der Waals surface area contributed by atoms with Crippen molar-refractivity contribution in [1.29, 1.82) is 0 Å². The highest BCUT2D eigenvalue weighted by Gasteiger charge is 2.26. The van der Waals surface area contributed by atoms with Gasteiger partial charge in [0.2, 0.25) is 0 Å². The third-order valence-corrected chi connectivity index (χ3v) is 8.26. The topological polar surface area (TPSA) is 24.5 Å². The second-order valence-corrected chi connectivity index (χ2v) is 11.1. The SMILES string of the molecule is Br.CCCCCCCCCCCCCCCCCC1OCC(CCN2CCNCC2)S1. The van der Waals surface area contributed by atoms with Gasteiger partial charge in [-0.1, -0.05) is 96.8 Å². The zero-order valence-corrected chi connectivity index (χ0v) is 23.1. The van der Waals surface area contributed by atoms with Crippen molar-refractivity contribution in [2.45, 2.75) is 127 Å². The lowest BCUT2D eigenvalue weighted by Crippen LogP contribution is -2.44. The third kappa shape index (κ3) is 16.1. The molecule has 0 amide bonds. The van der Waals surface area contributed by atoms with Gasteiger partial charge in [-0.25, -0.2) is 0 Å². The van der Waals surface area contributed by atoms with Crippen LogP contribution in [0, 0.1) is 0 Å². The summed E-state index contributed by atoms with van der Waals surface area (Å²) in [5, 5.41) is 4.18. The maximum Gasteiger partial charge on any atom is 0.103 e. The molecule has 2 heterocycles. The maximum atomic E-state index is 6.06. The van der Waals surface area contributed by atoms with Gasteiger partial charge in [0, 0.05) is 31.4 Å². The van der Waals surface area contributed by atoms with Crippen molar-refractivity contribution in [1.82, 2.24) is 10.2 Å². The molecular weight excluding hydrogens is 468 g/mol. The number of rotatable bonds is 19. The molecule has 2 rings (SSSR count). The molecule has 0 aromatic rings. The maximum absolute atomic E-state index is 6.06. The molecule has 2 saturated heterocycles. The highest BCUT2D eigenvalue weighted by atomic mass is 79.9. The largest absolute Gasteiger partial charge is 0.366 e. The first-order valence-corrected chi connectivity index (χ1v) is 14.5. The first-order valence-electron chi connectivity index (χ1n) is 13.6. The zero-order chi connectivity index (χ0) is 21.1. The van der Waals surface area contributed by atoms with Gasteiger partial charge >= 0.3 is 0 Å². The van der Waals surface area contributed by atoms with E-state index in [0.29, 0.717) is 5.44 Å². The van der Waals surface area contributed by atoms with Crippen LogP contribution in [0.1, 0.15) is 116 Å². The quantitative estimate of drug-likeness (QED) is 0.177. The second-order valence-electron chi connectivity index (χ2n) is 9.64. The summed E-state index contributed by atoms with van der Waals surface area (Å²) in [7, 11) is 0. The van der Waals surface area contributed by atoms with Crippen LogP contribution in [0.2, 0.25) is 0 Å². The van der Waals surface area contributed by atoms with Crippen molar-refractivity contribution in [3.63, 3.8) is 0 Å². The summed E-state index contributed by atoms with van der Waals surface area (Å²) >= 11 is 2.12. The Morgan fingerprint density at radius 2 is 1.26 bits per heavy atom. The van der Waals surface area contributed by atoms with Crippen LogP contribution in [-0.4, -0.2) is 54.9 Å². The minimum Gasteiger partial charge on any atom is -0.366 e. The molecule has 0 aromatic carbocycles. The van der Waals surface area contributed by atoms with E-state index >= 15 is 0 Å². The molecule has 0 radical (unpaired) electrons. The molecule has 2 fully saturated rings. The summed E-state index contributed by atoms with van der Waals surface area (Å²) in [6, 6.07) is 0. The Hall–Kier alpha value is 0.710. The van der Waals surface area contributed by atoms with Crippen molar-refractivity contribution in [2.24, 2.45) is 0 Å². The smallest absolute Gasteiger partial charge is 0.103 e. The van der Waals surface area contributed by atoms with E-state index < -0.39 is 0 Å². The van der Waals surface area contributed by atoms with Crippen molar-refractivity contribution < 1.29 is 4.74 Å². The van der Waals surface area contributed by atoms with E-state index in [4.69, 9.17) is 4.74 Å². The van der Waals surface area contributed by atoms with Crippen LogP contribution >= 0.6 is 28.7 Å². The molecule has 1 N–H and O–H groups in total. The van der Waals surface area contributed by atoms with Gasteiger partial charge in [0.05, 0.1) is 6.61 Å². The minimum atomic E-state index is 0. The fraction of sp³-hybridized carbons (Fsp3) is 1.00. The number of hydrogen-bond donors (Lipinski definition) is 1. The molecule has 186 valence electrons. The van der Waals surface area contributed by atoms with Gasteiger partial charge in [0.1, 0.15) is 5.44 Å². The van der Waals surface area contributed by atoms with Crippen LogP contribution in [0.4, 0.5) is 0 Å². The van der Waals surface area contributed by atoms with Gasteiger partial charge in [-0.2, -0.15) is 0 Å². The Morgan fingerprint density at radius 1 is 0.742 bits per heavy atom. The van der Waals surface area contributed by atoms with Crippen LogP contribution in [0.5, 0.6) is 0 Å². The van der Waals surface area contributed by atoms with Crippen molar-refractivity contribution in [2.75, 3.05) is 39.3 Å². The molecular formula is C26H53BrN2OS. The molecule has 31 heavy (non-hydrogen) atoms. The first kappa shape index (κ1) is 29.7. The van der Waals surface area contributed by atoms with E-state index in [1.54, 1.807) is 0 Å². The number of hydrogen-bond acceptors (Lipinski definition) is 4. The van der Waals surface area contributed by atoms with Gasteiger partial charge in [-0.15, -0.1) is 28.7 Å². The predicted octanol–water partition coefficient (Wildman–Crippen LogP) is 7.58. The fourth-order valence-corrected chi connectivity index (χ4v) is 6.04. The Morgan fingerprint density at radius 3 is 1.81 bits per heavy atom. The van der Waals surface area contributed by atoms with Crippen molar-refractivity contribution in [3.8, 4) is 0 Å². The van der Waals surface area contributed by atoms with Crippen LogP contribution < -0.4 is 5.32 Å². The molecule has 0 aliphatic carbocycles. The lowest BCUT2D eigenvalue weighted by Gasteiger charge is -2.27. The number of ether oxygens (including phenoxy) is 1. The van der Waals surface area contributed by atoms with E-state index in [2.05, 4.69) is 28.9 Å². The van der Waals surface area contributed by atoms with Crippen LogP contribution in [-0.2, 0) is 4.74 Å². The number of thioether (sulfide) groups is 1. The summed E-state index contributed by atoms with van der Waals surface area (Å²) in [6.45, 7) is 9.32. The van der Waals surface area contributed by atoms with Gasteiger partial charge < -0.3 is 15.0 Å². The second kappa shape index (κ2) is 21.3. The Balaban J connectivity index is 0.00000480. The number of nitrogens with zero attached hydrogens (tertiary/aromatic N) is 1. The molecule has 0 saturated carbocycles. The highest BCUT2D eigenvalue weighted by Crippen LogP contribution is 2.33. The standard InChI is InChI=1S/C26H52N2OS.BrH/c1-2-3-4-5-6-7-8-9-10-11-12-13-14-15-16-17-26-29-24-25(30-26)18-21-28-22-19-27-20-23-28;/h25-27H,2-24H2,1H3;1H. The number of piperazine rings is 1. The zero-order valence-electron chi connectivity index (χ0n) is 20.6. The van der Waals surface area contributed by atoms with E-state index in [-0.39, 0.29) is 17.0 Å². The first-order chi connectivity index (χ1) is 14.9. The van der Waals surface area contributed by atoms with Gasteiger partial charge in [-0.3, -0.25) is 0 Å². The number of halogens is 1. The average Bonchev–Trinajstić information content (AvgIpc) is 3.23. The van der Waals surface area contributed by atoms with E-state index in [0.717, 1.165) is 24.9 Å². The molecule has 2 aliphatic heterocycles. The van der Waals surface area contributed by atoms with E-state index in [9.17, 15) is 0 Å². The summed E-state index contributed by atoms with van der Waals surface area (Å²) in [6.07, 6.45) is 24.2. The summed E-state index contributed by atoms with van der Waals surface area (Å²) in [4.78, 5) is 2.61.